The SMILES string of the molecule is CCC1OCCC1C(Br)Cc1cc(OC)ncn1. The summed E-state index contributed by atoms with van der Waals surface area (Å²) in [5, 5.41) is 0. The van der Waals surface area contributed by atoms with Crippen LogP contribution in [0.2, 0.25) is 0 Å². The van der Waals surface area contributed by atoms with Gasteiger partial charge in [-0.2, -0.15) is 0 Å². The highest BCUT2D eigenvalue weighted by Crippen LogP contribution is 2.32. The van der Waals surface area contributed by atoms with E-state index in [2.05, 4.69) is 32.8 Å². The zero-order chi connectivity index (χ0) is 13.0. The van der Waals surface area contributed by atoms with Gasteiger partial charge in [-0.15, -0.1) is 0 Å². The average molecular weight is 315 g/mol. The van der Waals surface area contributed by atoms with Gasteiger partial charge in [-0.1, -0.05) is 22.9 Å². The maximum Gasteiger partial charge on any atom is 0.216 e. The van der Waals surface area contributed by atoms with E-state index >= 15 is 0 Å². The molecule has 0 aromatic carbocycles. The van der Waals surface area contributed by atoms with Gasteiger partial charge in [-0.3, -0.25) is 0 Å². The van der Waals surface area contributed by atoms with E-state index in [0.717, 1.165) is 31.6 Å². The summed E-state index contributed by atoms with van der Waals surface area (Å²) in [5.41, 5.74) is 1.01. The van der Waals surface area contributed by atoms with Crippen molar-refractivity contribution < 1.29 is 9.47 Å². The summed E-state index contributed by atoms with van der Waals surface area (Å²) in [6.07, 6.45) is 4.99. The molecule has 4 nitrogen and oxygen atoms in total. The number of aromatic nitrogens is 2. The van der Waals surface area contributed by atoms with E-state index in [1.165, 1.54) is 0 Å². The number of rotatable bonds is 5. The van der Waals surface area contributed by atoms with Crippen molar-refractivity contribution in [3.05, 3.63) is 18.1 Å². The lowest BCUT2D eigenvalue weighted by molar-refractivity contribution is 0.0872. The Morgan fingerprint density at radius 3 is 3.11 bits per heavy atom. The fourth-order valence-electron chi connectivity index (χ4n) is 2.45. The number of hydrogen-bond acceptors (Lipinski definition) is 4. The zero-order valence-corrected chi connectivity index (χ0v) is 12.4. The van der Waals surface area contributed by atoms with E-state index in [1.807, 2.05) is 6.07 Å². The summed E-state index contributed by atoms with van der Waals surface area (Å²) in [5.74, 6) is 1.19. The molecular formula is C13H19BrN2O2. The molecule has 1 fully saturated rings. The quantitative estimate of drug-likeness (QED) is 0.784. The normalized spacial score (nSPS) is 25.1. The van der Waals surface area contributed by atoms with Crippen molar-refractivity contribution in [3.8, 4) is 5.88 Å². The van der Waals surface area contributed by atoms with Crippen molar-refractivity contribution in [1.82, 2.24) is 9.97 Å². The molecule has 5 heteroatoms. The van der Waals surface area contributed by atoms with Crippen molar-refractivity contribution in [1.29, 1.82) is 0 Å². The lowest BCUT2D eigenvalue weighted by Crippen LogP contribution is -2.25. The van der Waals surface area contributed by atoms with Gasteiger partial charge in [0.15, 0.2) is 0 Å². The minimum Gasteiger partial charge on any atom is -0.481 e. The molecule has 1 aromatic heterocycles. The highest BCUT2D eigenvalue weighted by molar-refractivity contribution is 9.09. The van der Waals surface area contributed by atoms with Crippen LogP contribution in [0.1, 0.15) is 25.5 Å². The topological polar surface area (TPSA) is 44.2 Å². The van der Waals surface area contributed by atoms with E-state index in [-0.39, 0.29) is 0 Å². The van der Waals surface area contributed by atoms with Crippen LogP contribution in [0.4, 0.5) is 0 Å². The Morgan fingerprint density at radius 2 is 2.39 bits per heavy atom. The van der Waals surface area contributed by atoms with Crippen LogP contribution < -0.4 is 4.74 Å². The van der Waals surface area contributed by atoms with Gasteiger partial charge >= 0.3 is 0 Å². The fraction of sp³-hybridized carbons (Fsp3) is 0.692. The number of ether oxygens (including phenoxy) is 2. The summed E-state index contributed by atoms with van der Waals surface area (Å²) in [6, 6.07) is 1.89. The molecule has 0 aliphatic carbocycles. The third-order valence-corrected chi connectivity index (χ3v) is 4.44. The summed E-state index contributed by atoms with van der Waals surface area (Å²) < 4.78 is 10.8. The molecule has 2 heterocycles. The van der Waals surface area contributed by atoms with Crippen LogP contribution in [-0.4, -0.2) is 34.6 Å². The molecular weight excluding hydrogens is 296 g/mol. The maximum absolute atomic E-state index is 5.73. The maximum atomic E-state index is 5.73. The Hall–Kier alpha value is -0.680. The van der Waals surface area contributed by atoms with Gasteiger partial charge in [0.05, 0.1) is 13.2 Å². The molecule has 0 spiro atoms. The largest absolute Gasteiger partial charge is 0.481 e. The highest BCUT2D eigenvalue weighted by Gasteiger charge is 2.32. The van der Waals surface area contributed by atoms with Crippen molar-refractivity contribution in [3.63, 3.8) is 0 Å². The number of alkyl halides is 1. The van der Waals surface area contributed by atoms with Gasteiger partial charge < -0.3 is 9.47 Å². The first-order chi connectivity index (χ1) is 8.74. The Bertz CT molecular complexity index is 389. The molecule has 2 rings (SSSR count). The Labute approximate surface area is 116 Å². The van der Waals surface area contributed by atoms with Gasteiger partial charge in [-0.05, 0) is 12.8 Å². The molecule has 0 saturated carbocycles. The van der Waals surface area contributed by atoms with E-state index in [1.54, 1.807) is 13.4 Å². The molecule has 1 aliphatic heterocycles. The van der Waals surface area contributed by atoms with E-state index < -0.39 is 0 Å². The molecule has 0 N–H and O–H groups in total. The van der Waals surface area contributed by atoms with Crippen molar-refractivity contribution >= 4 is 15.9 Å². The van der Waals surface area contributed by atoms with Gasteiger partial charge in [0.2, 0.25) is 5.88 Å². The molecule has 100 valence electrons. The van der Waals surface area contributed by atoms with Crippen LogP contribution in [0.15, 0.2) is 12.4 Å². The molecule has 1 aromatic rings. The fourth-order valence-corrected chi connectivity index (χ4v) is 3.39. The van der Waals surface area contributed by atoms with Gasteiger partial charge in [0.25, 0.3) is 0 Å². The second kappa shape index (κ2) is 6.48. The number of methoxy groups -OCH3 is 1. The second-order valence-electron chi connectivity index (χ2n) is 4.54. The first-order valence-corrected chi connectivity index (χ1v) is 7.26. The molecule has 3 unspecified atom stereocenters. The Morgan fingerprint density at radius 1 is 1.56 bits per heavy atom. The van der Waals surface area contributed by atoms with Crippen molar-refractivity contribution in [2.45, 2.75) is 37.1 Å². The van der Waals surface area contributed by atoms with E-state index in [9.17, 15) is 0 Å². The molecule has 0 radical (unpaired) electrons. The molecule has 1 saturated heterocycles. The third kappa shape index (κ3) is 3.20. The van der Waals surface area contributed by atoms with Gasteiger partial charge in [0, 0.05) is 35.5 Å². The van der Waals surface area contributed by atoms with Crippen LogP contribution >= 0.6 is 15.9 Å². The first kappa shape index (κ1) is 13.7. The van der Waals surface area contributed by atoms with Crippen LogP contribution in [-0.2, 0) is 11.2 Å². The van der Waals surface area contributed by atoms with Crippen molar-refractivity contribution in [2.75, 3.05) is 13.7 Å². The monoisotopic (exact) mass is 314 g/mol. The summed E-state index contributed by atoms with van der Waals surface area (Å²) in [4.78, 5) is 8.70. The number of nitrogens with zero attached hydrogens (tertiary/aromatic N) is 2. The van der Waals surface area contributed by atoms with Gasteiger partial charge in [0.1, 0.15) is 6.33 Å². The van der Waals surface area contributed by atoms with Crippen molar-refractivity contribution in [2.24, 2.45) is 5.92 Å². The molecule has 0 bridgehead atoms. The van der Waals surface area contributed by atoms with Crippen LogP contribution in [0.25, 0.3) is 0 Å². The van der Waals surface area contributed by atoms with Crippen LogP contribution in [0.3, 0.4) is 0 Å². The average Bonchev–Trinajstić information content (AvgIpc) is 2.87. The standard InChI is InChI=1S/C13H19BrN2O2/c1-3-12-10(4-5-18-12)11(14)6-9-7-13(17-2)16-8-15-9/h7-8,10-12H,3-6H2,1-2H3. The summed E-state index contributed by atoms with van der Waals surface area (Å²) in [6.45, 7) is 3.05. The molecule has 3 atom stereocenters. The Balaban J connectivity index is 1.99. The third-order valence-electron chi connectivity index (χ3n) is 3.44. The predicted molar refractivity (Wildman–Crippen MR) is 73.1 cm³/mol. The summed E-state index contributed by atoms with van der Waals surface area (Å²) in [7, 11) is 1.62. The molecule has 0 amide bonds. The minimum absolute atomic E-state index is 0.373. The highest BCUT2D eigenvalue weighted by atomic mass is 79.9. The number of halogens is 1. The lowest BCUT2D eigenvalue weighted by Gasteiger charge is -2.22. The number of hydrogen-bond donors (Lipinski definition) is 0. The lowest BCUT2D eigenvalue weighted by atomic mass is 9.93. The van der Waals surface area contributed by atoms with Crippen LogP contribution in [0, 0.1) is 5.92 Å². The van der Waals surface area contributed by atoms with E-state index in [4.69, 9.17) is 9.47 Å². The summed E-state index contributed by atoms with van der Waals surface area (Å²) >= 11 is 3.79. The molecule has 1 aliphatic rings. The molecule has 18 heavy (non-hydrogen) atoms. The smallest absolute Gasteiger partial charge is 0.216 e. The predicted octanol–water partition coefficient (Wildman–Crippen LogP) is 2.61. The zero-order valence-electron chi connectivity index (χ0n) is 10.8. The first-order valence-electron chi connectivity index (χ1n) is 6.35. The van der Waals surface area contributed by atoms with Gasteiger partial charge in [-0.25, -0.2) is 9.97 Å². The Kier molecular flexibility index (Phi) is 4.95. The minimum atomic E-state index is 0.373. The second-order valence-corrected chi connectivity index (χ2v) is 5.72. The van der Waals surface area contributed by atoms with E-state index in [0.29, 0.717) is 22.7 Å². The van der Waals surface area contributed by atoms with Crippen LogP contribution in [0.5, 0.6) is 5.88 Å².